The van der Waals surface area contributed by atoms with Crippen molar-refractivity contribution >= 4 is 5.97 Å². The van der Waals surface area contributed by atoms with Gasteiger partial charge in [0, 0.05) is 0 Å². The summed E-state index contributed by atoms with van der Waals surface area (Å²) in [6.07, 6.45) is 2.96. The van der Waals surface area contributed by atoms with Crippen molar-refractivity contribution in [2.45, 2.75) is 25.7 Å². The Labute approximate surface area is 107 Å². The summed E-state index contributed by atoms with van der Waals surface area (Å²) in [5, 5.41) is 9.36. The Balaban J connectivity index is 2.29. The third-order valence-corrected chi connectivity index (χ3v) is 3.78. The molecule has 0 aliphatic heterocycles. The Kier molecular flexibility index (Phi) is 3.45. The van der Waals surface area contributed by atoms with Gasteiger partial charge in [-0.3, -0.25) is 4.79 Å². The quantitative estimate of drug-likeness (QED) is 0.872. The minimum atomic E-state index is -0.710. The van der Waals surface area contributed by atoms with Gasteiger partial charge in [0.05, 0.1) is 19.6 Å². The molecule has 98 valence electrons. The third-order valence-electron chi connectivity index (χ3n) is 3.78. The smallest absolute Gasteiger partial charge is 0.309 e. The van der Waals surface area contributed by atoms with E-state index in [-0.39, 0.29) is 0 Å². The molecule has 1 aliphatic rings. The second-order valence-corrected chi connectivity index (χ2v) is 4.79. The Morgan fingerprint density at radius 1 is 1.33 bits per heavy atom. The van der Waals surface area contributed by atoms with Gasteiger partial charge < -0.3 is 14.6 Å². The molecule has 0 saturated heterocycles. The van der Waals surface area contributed by atoms with Crippen LogP contribution in [0.25, 0.3) is 0 Å². The SMILES string of the molecule is COc1ccc(OC)c(CC2(C(=O)O)CCC2)c1. The number of hydrogen-bond acceptors (Lipinski definition) is 3. The second kappa shape index (κ2) is 4.88. The lowest BCUT2D eigenvalue weighted by atomic mass is 9.65. The Hall–Kier alpha value is -1.71. The lowest BCUT2D eigenvalue weighted by molar-refractivity contribution is -0.154. The van der Waals surface area contributed by atoms with E-state index in [4.69, 9.17) is 9.47 Å². The first-order valence-corrected chi connectivity index (χ1v) is 6.05. The zero-order valence-corrected chi connectivity index (χ0v) is 10.7. The Morgan fingerprint density at radius 2 is 2.06 bits per heavy atom. The highest BCUT2D eigenvalue weighted by Crippen LogP contribution is 2.45. The number of rotatable bonds is 5. The molecule has 0 radical (unpaired) electrons. The molecular weight excluding hydrogens is 232 g/mol. The standard InChI is InChI=1S/C14H18O4/c1-17-11-4-5-12(18-2)10(8-11)9-14(13(15)16)6-3-7-14/h4-5,8H,3,6-7,9H2,1-2H3,(H,15,16). The highest BCUT2D eigenvalue weighted by Gasteiger charge is 2.44. The van der Waals surface area contributed by atoms with Crippen molar-refractivity contribution in [1.82, 2.24) is 0 Å². The molecule has 1 aliphatic carbocycles. The maximum absolute atomic E-state index is 11.4. The van der Waals surface area contributed by atoms with Gasteiger partial charge in [0.1, 0.15) is 11.5 Å². The fourth-order valence-electron chi connectivity index (χ4n) is 2.45. The van der Waals surface area contributed by atoms with E-state index in [1.165, 1.54) is 0 Å². The van der Waals surface area contributed by atoms with Crippen LogP contribution in [-0.2, 0) is 11.2 Å². The van der Waals surface area contributed by atoms with Crippen LogP contribution in [0.4, 0.5) is 0 Å². The zero-order chi connectivity index (χ0) is 13.2. The largest absolute Gasteiger partial charge is 0.497 e. The number of ether oxygens (including phenoxy) is 2. The molecule has 2 rings (SSSR count). The van der Waals surface area contributed by atoms with E-state index in [0.717, 1.165) is 36.3 Å². The topological polar surface area (TPSA) is 55.8 Å². The fourth-order valence-corrected chi connectivity index (χ4v) is 2.45. The average molecular weight is 250 g/mol. The minimum absolute atomic E-state index is 0.503. The van der Waals surface area contributed by atoms with Crippen LogP contribution in [0.5, 0.6) is 11.5 Å². The molecule has 1 aromatic rings. The molecule has 0 heterocycles. The van der Waals surface area contributed by atoms with Gasteiger partial charge in [-0.15, -0.1) is 0 Å². The summed E-state index contributed by atoms with van der Waals surface area (Å²) < 4.78 is 10.5. The fraction of sp³-hybridized carbons (Fsp3) is 0.500. The van der Waals surface area contributed by atoms with Crippen LogP contribution in [0.3, 0.4) is 0 Å². The number of carboxylic acid groups (broad SMARTS) is 1. The molecule has 18 heavy (non-hydrogen) atoms. The van der Waals surface area contributed by atoms with Crippen LogP contribution in [0.15, 0.2) is 18.2 Å². The van der Waals surface area contributed by atoms with Crippen LogP contribution in [-0.4, -0.2) is 25.3 Å². The molecule has 0 atom stereocenters. The van der Waals surface area contributed by atoms with Crippen LogP contribution in [0.1, 0.15) is 24.8 Å². The van der Waals surface area contributed by atoms with Crippen molar-refractivity contribution in [3.63, 3.8) is 0 Å². The number of benzene rings is 1. The lowest BCUT2D eigenvalue weighted by Crippen LogP contribution is -2.39. The van der Waals surface area contributed by atoms with E-state index in [1.807, 2.05) is 18.2 Å². The summed E-state index contributed by atoms with van der Waals surface area (Å²) >= 11 is 0. The van der Waals surface area contributed by atoms with Crippen molar-refractivity contribution in [3.05, 3.63) is 23.8 Å². The number of aliphatic carboxylic acids is 1. The van der Waals surface area contributed by atoms with Crippen molar-refractivity contribution in [2.24, 2.45) is 5.41 Å². The molecule has 4 heteroatoms. The van der Waals surface area contributed by atoms with Gasteiger partial charge in [-0.25, -0.2) is 0 Å². The van der Waals surface area contributed by atoms with Crippen LogP contribution < -0.4 is 9.47 Å². The number of carbonyl (C=O) groups is 1. The van der Waals surface area contributed by atoms with Gasteiger partial charge in [0.15, 0.2) is 0 Å². The number of carboxylic acids is 1. The first-order valence-electron chi connectivity index (χ1n) is 6.05. The van der Waals surface area contributed by atoms with E-state index in [1.54, 1.807) is 14.2 Å². The van der Waals surface area contributed by atoms with Crippen LogP contribution in [0.2, 0.25) is 0 Å². The Bertz CT molecular complexity index is 449. The number of methoxy groups -OCH3 is 2. The Morgan fingerprint density at radius 3 is 2.50 bits per heavy atom. The number of hydrogen-bond donors (Lipinski definition) is 1. The van der Waals surface area contributed by atoms with Crippen molar-refractivity contribution in [1.29, 1.82) is 0 Å². The molecule has 4 nitrogen and oxygen atoms in total. The zero-order valence-electron chi connectivity index (χ0n) is 10.7. The molecule has 0 unspecified atom stereocenters. The van der Waals surface area contributed by atoms with Crippen molar-refractivity contribution in [2.75, 3.05) is 14.2 Å². The van der Waals surface area contributed by atoms with Crippen LogP contribution >= 0.6 is 0 Å². The van der Waals surface area contributed by atoms with Gasteiger partial charge in [-0.05, 0) is 43.0 Å². The summed E-state index contributed by atoms with van der Waals surface area (Å²) in [6, 6.07) is 5.50. The first-order chi connectivity index (χ1) is 8.61. The molecule has 1 N–H and O–H groups in total. The summed E-state index contributed by atoms with van der Waals surface area (Å²) in [7, 11) is 3.20. The molecule has 0 aromatic heterocycles. The van der Waals surface area contributed by atoms with E-state index in [9.17, 15) is 9.90 Å². The van der Waals surface area contributed by atoms with Crippen molar-refractivity contribution < 1.29 is 19.4 Å². The second-order valence-electron chi connectivity index (χ2n) is 4.79. The van der Waals surface area contributed by atoms with E-state index in [2.05, 4.69) is 0 Å². The monoisotopic (exact) mass is 250 g/mol. The maximum atomic E-state index is 11.4. The molecule has 0 amide bonds. The van der Waals surface area contributed by atoms with E-state index < -0.39 is 11.4 Å². The molecule has 1 aromatic carbocycles. The van der Waals surface area contributed by atoms with E-state index in [0.29, 0.717) is 6.42 Å². The molecule has 1 fully saturated rings. The normalized spacial score (nSPS) is 16.8. The summed E-state index contributed by atoms with van der Waals surface area (Å²) in [5.74, 6) is 0.743. The highest BCUT2D eigenvalue weighted by atomic mass is 16.5. The molecular formula is C14H18O4. The van der Waals surface area contributed by atoms with Crippen LogP contribution in [0, 0.1) is 5.41 Å². The predicted molar refractivity (Wildman–Crippen MR) is 67.2 cm³/mol. The van der Waals surface area contributed by atoms with Gasteiger partial charge in [0.25, 0.3) is 0 Å². The summed E-state index contributed by atoms with van der Waals surface area (Å²) in [5.41, 5.74) is 0.290. The minimum Gasteiger partial charge on any atom is -0.497 e. The lowest BCUT2D eigenvalue weighted by Gasteiger charge is -2.38. The van der Waals surface area contributed by atoms with Gasteiger partial charge in [-0.2, -0.15) is 0 Å². The van der Waals surface area contributed by atoms with Gasteiger partial charge in [-0.1, -0.05) is 6.42 Å². The highest BCUT2D eigenvalue weighted by molar-refractivity contribution is 5.76. The maximum Gasteiger partial charge on any atom is 0.309 e. The predicted octanol–water partition coefficient (Wildman–Crippen LogP) is 2.50. The average Bonchev–Trinajstić information content (AvgIpc) is 2.32. The third kappa shape index (κ3) is 2.15. The summed E-state index contributed by atoms with van der Waals surface area (Å²) in [4.78, 5) is 11.4. The summed E-state index contributed by atoms with van der Waals surface area (Å²) in [6.45, 7) is 0. The van der Waals surface area contributed by atoms with Gasteiger partial charge >= 0.3 is 5.97 Å². The molecule has 0 spiro atoms. The molecule has 0 bridgehead atoms. The first kappa shape index (κ1) is 12.7. The van der Waals surface area contributed by atoms with Crippen molar-refractivity contribution in [3.8, 4) is 11.5 Å². The van der Waals surface area contributed by atoms with E-state index >= 15 is 0 Å². The van der Waals surface area contributed by atoms with Gasteiger partial charge in [0.2, 0.25) is 0 Å². The molecule has 1 saturated carbocycles.